The minimum atomic E-state index is -0.260. The molecule has 1 atom stereocenters. The number of hydrogen-bond donors (Lipinski definition) is 0. The molecule has 0 saturated heterocycles. The van der Waals surface area contributed by atoms with Gasteiger partial charge in [0, 0.05) is 4.91 Å². The lowest BCUT2D eigenvalue weighted by atomic mass is 9.95. The van der Waals surface area contributed by atoms with Crippen LogP contribution in [0.1, 0.15) is 27.7 Å². The van der Waals surface area contributed by atoms with Crippen LogP contribution in [0.15, 0.2) is 22.3 Å². The second-order valence-electron chi connectivity index (χ2n) is 4.57. The Labute approximate surface area is 96.5 Å². The number of allylic oxidation sites excluding steroid dienone is 4. The second kappa shape index (κ2) is 3.43. The van der Waals surface area contributed by atoms with Crippen LogP contribution >= 0.6 is 20.6 Å². The van der Waals surface area contributed by atoms with Gasteiger partial charge in [0.25, 0.3) is 0 Å². The highest BCUT2D eigenvalue weighted by atomic mass is 33.1. The molecular formula is C11H13NOS2. The van der Waals surface area contributed by atoms with Crippen molar-refractivity contribution in [3.63, 3.8) is 0 Å². The molecule has 0 aliphatic carbocycles. The molecule has 0 radical (unpaired) electrons. The third-order valence-corrected chi connectivity index (χ3v) is 6.14. The van der Waals surface area contributed by atoms with Gasteiger partial charge in [-0.25, -0.2) is 0 Å². The van der Waals surface area contributed by atoms with E-state index in [1.165, 1.54) is 4.91 Å². The van der Waals surface area contributed by atoms with Crippen molar-refractivity contribution < 1.29 is 4.18 Å². The lowest BCUT2D eigenvalue weighted by Gasteiger charge is -2.19. The molecule has 1 unspecified atom stereocenters. The van der Waals surface area contributed by atoms with Crippen molar-refractivity contribution in [3.05, 3.63) is 22.3 Å². The van der Waals surface area contributed by atoms with Gasteiger partial charge in [-0.3, -0.25) is 0 Å². The highest BCUT2D eigenvalue weighted by molar-refractivity contribution is 8.84. The predicted molar refractivity (Wildman–Crippen MR) is 67.1 cm³/mol. The van der Waals surface area contributed by atoms with Gasteiger partial charge in [-0.1, -0.05) is 20.8 Å². The van der Waals surface area contributed by atoms with E-state index in [0.29, 0.717) is 0 Å². The zero-order valence-corrected chi connectivity index (χ0v) is 10.9. The lowest BCUT2D eigenvalue weighted by molar-refractivity contribution is 0.508. The SMILES string of the molecule is CC1=C(C#N)C2=S(O1)SC(C(C)(C)C)=C2. The third-order valence-electron chi connectivity index (χ3n) is 2.26. The molecule has 0 aromatic heterocycles. The summed E-state index contributed by atoms with van der Waals surface area (Å²) >= 11 is 0. The Balaban J connectivity index is 2.36. The lowest BCUT2D eigenvalue weighted by Crippen LogP contribution is -2.06. The number of hydrogen-bond acceptors (Lipinski definition) is 3. The molecular weight excluding hydrogens is 226 g/mol. The van der Waals surface area contributed by atoms with E-state index in [9.17, 15) is 0 Å². The van der Waals surface area contributed by atoms with E-state index in [0.717, 1.165) is 16.2 Å². The van der Waals surface area contributed by atoms with Crippen LogP contribution in [0.25, 0.3) is 0 Å². The summed E-state index contributed by atoms with van der Waals surface area (Å²) in [6.45, 7) is 8.41. The van der Waals surface area contributed by atoms with Gasteiger partial charge in [0.15, 0.2) is 0 Å². The zero-order chi connectivity index (χ0) is 11.2. The normalized spacial score (nSPS) is 24.9. The monoisotopic (exact) mass is 239 g/mol. The van der Waals surface area contributed by atoms with E-state index in [1.807, 2.05) is 6.92 Å². The molecule has 0 N–H and O–H groups in total. The van der Waals surface area contributed by atoms with Crippen LogP contribution in [0, 0.1) is 16.7 Å². The highest BCUT2D eigenvalue weighted by Crippen LogP contribution is 2.55. The molecule has 0 amide bonds. The number of rotatable bonds is 0. The van der Waals surface area contributed by atoms with E-state index in [4.69, 9.17) is 9.44 Å². The first kappa shape index (κ1) is 10.8. The van der Waals surface area contributed by atoms with Crippen LogP contribution in [0.3, 0.4) is 0 Å². The van der Waals surface area contributed by atoms with Gasteiger partial charge in [0.1, 0.15) is 17.4 Å². The standard InChI is InChI=1S/C11H13NOS2/c1-7-8(6-12)9-5-10(11(2,3)4)14-15(9)13-7/h5H,1-4H3. The molecule has 80 valence electrons. The minimum Gasteiger partial charge on any atom is -0.426 e. The molecule has 0 bridgehead atoms. The average molecular weight is 239 g/mol. The summed E-state index contributed by atoms with van der Waals surface area (Å²) in [6, 6.07) is 2.22. The van der Waals surface area contributed by atoms with E-state index in [-0.39, 0.29) is 15.2 Å². The fourth-order valence-electron chi connectivity index (χ4n) is 1.34. The molecule has 0 fully saturated rings. The first-order valence-electron chi connectivity index (χ1n) is 4.75. The third kappa shape index (κ3) is 1.75. The van der Waals surface area contributed by atoms with Crippen molar-refractivity contribution in [2.24, 2.45) is 5.41 Å². The van der Waals surface area contributed by atoms with Gasteiger partial charge < -0.3 is 4.18 Å². The fourth-order valence-corrected chi connectivity index (χ4v) is 5.54. The largest absolute Gasteiger partial charge is 0.426 e. The molecule has 0 aromatic rings. The Hall–Kier alpha value is -0.660. The molecule has 0 aromatic carbocycles. The van der Waals surface area contributed by atoms with Crippen LogP contribution in [0.5, 0.6) is 0 Å². The Kier molecular flexibility index (Phi) is 2.48. The molecule has 2 nitrogen and oxygen atoms in total. The van der Waals surface area contributed by atoms with Crippen molar-refractivity contribution in [3.8, 4) is 6.07 Å². The minimum absolute atomic E-state index is 0.146. The first-order valence-corrected chi connectivity index (χ1v) is 7.23. The number of nitriles is 1. The Morgan fingerprint density at radius 1 is 1.47 bits per heavy atom. The smallest absolute Gasteiger partial charge is 0.130 e. The van der Waals surface area contributed by atoms with Crippen molar-refractivity contribution in [2.75, 3.05) is 0 Å². The van der Waals surface area contributed by atoms with Crippen LogP contribution < -0.4 is 0 Å². The van der Waals surface area contributed by atoms with E-state index < -0.39 is 0 Å². The fraction of sp³-hybridized carbons (Fsp3) is 0.455. The van der Waals surface area contributed by atoms with Gasteiger partial charge in [0.2, 0.25) is 0 Å². The van der Waals surface area contributed by atoms with Gasteiger partial charge >= 0.3 is 0 Å². The average Bonchev–Trinajstić information content (AvgIpc) is 2.59. The van der Waals surface area contributed by atoms with Crippen LogP contribution in [0.4, 0.5) is 0 Å². The Morgan fingerprint density at radius 2 is 2.13 bits per heavy atom. The predicted octanol–water partition coefficient (Wildman–Crippen LogP) is 3.76. The highest BCUT2D eigenvalue weighted by Gasteiger charge is 2.32. The van der Waals surface area contributed by atoms with Crippen molar-refractivity contribution in [2.45, 2.75) is 27.7 Å². The summed E-state index contributed by atoms with van der Waals surface area (Å²) in [7, 11) is 1.49. The summed E-state index contributed by atoms with van der Waals surface area (Å²) < 4.78 is 5.67. The van der Waals surface area contributed by atoms with Crippen LogP contribution in [0.2, 0.25) is 0 Å². The molecule has 2 heterocycles. The molecule has 15 heavy (non-hydrogen) atoms. The van der Waals surface area contributed by atoms with E-state index >= 15 is 0 Å². The van der Waals surface area contributed by atoms with E-state index in [2.05, 4.69) is 32.9 Å². The first-order chi connectivity index (χ1) is 6.93. The molecule has 4 heteroatoms. The van der Waals surface area contributed by atoms with Gasteiger partial charge in [0.05, 0.1) is 14.7 Å². The van der Waals surface area contributed by atoms with Crippen LogP contribution in [-0.2, 0) is 4.18 Å². The maximum atomic E-state index is 9.03. The Bertz CT molecular complexity index is 458. The van der Waals surface area contributed by atoms with E-state index in [1.54, 1.807) is 10.8 Å². The van der Waals surface area contributed by atoms with Gasteiger partial charge in [-0.2, -0.15) is 5.26 Å². The second-order valence-corrected chi connectivity index (χ2v) is 7.66. The maximum Gasteiger partial charge on any atom is 0.130 e. The zero-order valence-electron chi connectivity index (χ0n) is 9.25. The van der Waals surface area contributed by atoms with Crippen molar-refractivity contribution >= 4 is 25.5 Å². The summed E-state index contributed by atoms with van der Waals surface area (Å²) in [4.78, 5) is 2.38. The molecule has 2 aliphatic heterocycles. The molecule has 0 spiro atoms. The van der Waals surface area contributed by atoms with Crippen molar-refractivity contribution in [1.82, 2.24) is 0 Å². The van der Waals surface area contributed by atoms with Crippen LogP contribution in [-0.4, -0.2) is 4.86 Å². The maximum absolute atomic E-state index is 9.03. The quantitative estimate of drug-likeness (QED) is 0.476. The molecule has 0 saturated carbocycles. The molecule has 2 aliphatic rings. The summed E-state index contributed by atoms with van der Waals surface area (Å²) in [5.74, 6) is 0.771. The van der Waals surface area contributed by atoms with Crippen molar-refractivity contribution in [1.29, 1.82) is 5.26 Å². The summed E-state index contributed by atoms with van der Waals surface area (Å²) in [6.07, 6.45) is 2.13. The Morgan fingerprint density at radius 3 is 2.67 bits per heavy atom. The summed E-state index contributed by atoms with van der Waals surface area (Å²) in [5, 5.41) is 9.03. The van der Waals surface area contributed by atoms with Gasteiger partial charge in [-0.15, -0.1) is 0 Å². The van der Waals surface area contributed by atoms with Gasteiger partial charge in [-0.05, 0) is 29.2 Å². The molecule has 2 rings (SSSR count). The number of nitrogens with zero attached hydrogens (tertiary/aromatic N) is 1. The summed E-state index contributed by atoms with van der Waals surface area (Å²) in [5.41, 5.74) is 0.873. The topological polar surface area (TPSA) is 33.0 Å².